The standard InChI is InChI=1S/C21H25F3N4O4S/c1-25-19(29)14-11-33-18-15(21(22,23)24)7-16(26-17(14)18)27-5-3-13(4-6-27)32-20(30)28-8-12(9-28)10-31-2/h7,11-13H,3-6,8-10H2,1-2H3,(H,25,29). The van der Waals surface area contributed by atoms with E-state index in [9.17, 15) is 22.8 Å². The van der Waals surface area contributed by atoms with Gasteiger partial charge >= 0.3 is 12.3 Å². The maximum Gasteiger partial charge on any atom is 0.417 e. The number of rotatable bonds is 5. The van der Waals surface area contributed by atoms with Gasteiger partial charge < -0.3 is 24.6 Å². The molecule has 0 atom stereocenters. The second-order valence-corrected chi connectivity index (χ2v) is 9.11. The minimum Gasteiger partial charge on any atom is -0.446 e. The van der Waals surface area contributed by atoms with E-state index in [1.807, 2.05) is 0 Å². The van der Waals surface area contributed by atoms with E-state index in [2.05, 4.69) is 10.3 Å². The molecule has 0 aromatic carbocycles. The quantitative estimate of drug-likeness (QED) is 0.698. The van der Waals surface area contributed by atoms with Crippen molar-refractivity contribution in [2.24, 2.45) is 5.92 Å². The maximum atomic E-state index is 13.7. The van der Waals surface area contributed by atoms with Gasteiger partial charge in [-0.15, -0.1) is 11.3 Å². The number of ether oxygens (including phenoxy) is 2. The molecule has 2 amide bonds. The highest BCUT2D eigenvalue weighted by Gasteiger charge is 2.37. The number of alkyl halides is 3. The molecule has 0 aliphatic carbocycles. The van der Waals surface area contributed by atoms with E-state index in [-0.39, 0.29) is 33.8 Å². The van der Waals surface area contributed by atoms with Crippen molar-refractivity contribution in [3.05, 3.63) is 22.6 Å². The Bertz CT molecular complexity index is 1030. The Labute approximate surface area is 192 Å². The molecule has 0 spiro atoms. The number of amides is 2. The SMILES string of the molecule is CNC(=O)c1csc2c(C(F)(F)F)cc(N3CCC(OC(=O)N4CC(COC)C4)CC3)nc12. The topological polar surface area (TPSA) is 84.0 Å². The minimum absolute atomic E-state index is 0.0427. The smallest absolute Gasteiger partial charge is 0.417 e. The summed E-state index contributed by atoms with van der Waals surface area (Å²) in [6.07, 6.45) is -4.29. The van der Waals surface area contributed by atoms with Crippen LogP contribution in [0.3, 0.4) is 0 Å². The molecule has 8 nitrogen and oxygen atoms in total. The van der Waals surface area contributed by atoms with Gasteiger partial charge in [-0.25, -0.2) is 9.78 Å². The van der Waals surface area contributed by atoms with Crippen LogP contribution in [0.25, 0.3) is 10.2 Å². The van der Waals surface area contributed by atoms with Crippen LogP contribution in [0.1, 0.15) is 28.8 Å². The summed E-state index contributed by atoms with van der Waals surface area (Å²) in [4.78, 5) is 32.2. The molecule has 2 saturated heterocycles. The molecule has 33 heavy (non-hydrogen) atoms. The van der Waals surface area contributed by atoms with Gasteiger partial charge in [0.2, 0.25) is 0 Å². The van der Waals surface area contributed by atoms with Crippen molar-refractivity contribution in [3.63, 3.8) is 0 Å². The van der Waals surface area contributed by atoms with Crippen LogP contribution >= 0.6 is 11.3 Å². The molecular formula is C21H25F3N4O4S. The first-order valence-corrected chi connectivity index (χ1v) is 11.5. The van der Waals surface area contributed by atoms with E-state index >= 15 is 0 Å². The zero-order chi connectivity index (χ0) is 23.8. The van der Waals surface area contributed by atoms with Crippen molar-refractivity contribution in [1.29, 1.82) is 0 Å². The first kappa shape index (κ1) is 23.6. The Morgan fingerprint density at radius 1 is 1.27 bits per heavy atom. The fourth-order valence-electron chi connectivity index (χ4n) is 4.14. The summed E-state index contributed by atoms with van der Waals surface area (Å²) in [6.45, 7) is 2.58. The predicted octanol–water partition coefficient (Wildman–Crippen LogP) is 3.36. The van der Waals surface area contributed by atoms with Gasteiger partial charge in [-0.1, -0.05) is 0 Å². The van der Waals surface area contributed by atoms with Crippen molar-refractivity contribution in [2.75, 3.05) is 51.8 Å². The molecule has 4 rings (SSSR count). The van der Waals surface area contributed by atoms with E-state index in [1.54, 1.807) is 16.9 Å². The van der Waals surface area contributed by atoms with E-state index in [1.165, 1.54) is 12.4 Å². The number of aromatic nitrogens is 1. The Hall–Kier alpha value is -2.60. The number of piperidine rings is 1. The summed E-state index contributed by atoms with van der Waals surface area (Å²) in [6, 6.07) is 1.04. The molecule has 180 valence electrons. The van der Waals surface area contributed by atoms with Crippen LogP contribution in [0.4, 0.5) is 23.8 Å². The third kappa shape index (κ3) is 4.86. The predicted molar refractivity (Wildman–Crippen MR) is 117 cm³/mol. The summed E-state index contributed by atoms with van der Waals surface area (Å²) in [5.74, 6) is 0.00156. The van der Waals surface area contributed by atoms with Gasteiger partial charge in [-0.3, -0.25) is 4.79 Å². The molecule has 2 fully saturated rings. The number of anilines is 1. The number of pyridine rings is 1. The number of nitrogens with one attached hydrogen (secondary N) is 1. The number of nitrogens with zero attached hydrogens (tertiary/aromatic N) is 3. The highest BCUT2D eigenvalue weighted by Crippen LogP contribution is 2.40. The molecular weight excluding hydrogens is 461 g/mol. The molecule has 0 unspecified atom stereocenters. The molecule has 2 aliphatic heterocycles. The van der Waals surface area contributed by atoms with Gasteiger partial charge in [0, 0.05) is 64.5 Å². The van der Waals surface area contributed by atoms with Crippen molar-refractivity contribution < 1.29 is 32.2 Å². The second-order valence-electron chi connectivity index (χ2n) is 8.23. The number of fused-ring (bicyclic) bond motifs is 1. The van der Waals surface area contributed by atoms with Gasteiger partial charge in [0.25, 0.3) is 5.91 Å². The number of hydrogen-bond acceptors (Lipinski definition) is 7. The fraction of sp³-hybridized carbons (Fsp3) is 0.571. The number of thiophene rings is 1. The van der Waals surface area contributed by atoms with Crippen molar-refractivity contribution in [2.45, 2.75) is 25.1 Å². The Morgan fingerprint density at radius 2 is 1.97 bits per heavy atom. The van der Waals surface area contributed by atoms with Crippen molar-refractivity contribution in [1.82, 2.24) is 15.2 Å². The average molecular weight is 487 g/mol. The van der Waals surface area contributed by atoms with Crippen LogP contribution in [0.5, 0.6) is 0 Å². The summed E-state index contributed by atoms with van der Waals surface area (Å²) >= 11 is 0.855. The van der Waals surface area contributed by atoms with Gasteiger partial charge in [-0.2, -0.15) is 13.2 Å². The Balaban J connectivity index is 1.45. The minimum atomic E-state index is -4.58. The van der Waals surface area contributed by atoms with E-state index in [0.717, 1.165) is 17.4 Å². The lowest BCUT2D eigenvalue weighted by atomic mass is 10.0. The average Bonchev–Trinajstić information content (AvgIpc) is 3.18. The normalized spacial score (nSPS) is 17.8. The molecule has 0 radical (unpaired) electrons. The number of carbonyl (C=O) groups excluding carboxylic acids is 2. The van der Waals surface area contributed by atoms with Crippen molar-refractivity contribution >= 4 is 39.4 Å². The highest BCUT2D eigenvalue weighted by atomic mass is 32.1. The zero-order valence-electron chi connectivity index (χ0n) is 18.3. The molecule has 2 aliphatic rings. The fourth-order valence-corrected chi connectivity index (χ4v) is 5.17. The summed E-state index contributed by atoms with van der Waals surface area (Å²) in [5.41, 5.74) is -0.643. The van der Waals surface area contributed by atoms with Crippen LogP contribution in [0.2, 0.25) is 0 Å². The molecule has 12 heteroatoms. The molecule has 2 aromatic rings. The summed E-state index contributed by atoms with van der Waals surface area (Å²) < 4.78 is 51.8. The maximum absolute atomic E-state index is 13.7. The first-order chi connectivity index (χ1) is 15.7. The van der Waals surface area contributed by atoms with Crippen LogP contribution in [-0.4, -0.2) is 74.9 Å². The number of hydrogen-bond donors (Lipinski definition) is 1. The summed E-state index contributed by atoms with van der Waals surface area (Å²) in [5, 5.41) is 3.84. The van der Waals surface area contributed by atoms with Crippen LogP contribution in [0.15, 0.2) is 11.4 Å². The van der Waals surface area contributed by atoms with Crippen LogP contribution < -0.4 is 10.2 Å². The molecule has 1 N–H and O–H groups in total. The van der Waals surface area contributed by atoms with Crippen LogP contribution in [0, 0.1) is 5.92 Å². The molecule has 0 saturated carbocycles. The molecule has 0 bridgehead atoms. The lowest BCUT2D eigenvalue weighted by molar-refractivity contribution is -0.136. The van der Waals surface area contributed by atoms with E-state index in [4.69, 9.17) is 9.47 Å². The monoisotopic (exact) mass is 486 g/mol. The van der Waals surface area contributed by atoms with Gasteiger partial charge in [0.15, 0.2) is 0 Å². The third-order valence-electron chi connectivity index (χ3n) is 5.94. The number of likely N-dealkylation sites (tertiary alicyclic amines) is 1. The van der Waals surface area contributed by atoms with E-state index < -0.39 is 17.6 Å². The number of methoxy groups -OCH3 is 1. The van der Waals surface area contributed by atoms with E-state index in [0.29, 0.717) is 51.5 Å². The summed E-state index contributed by atoms with van der Waals surface area (Å²) in [7, 11) is 3.04. The molecule has 2 aromatic heterocycles. The lowest BCUT2D eigenvalue weighted by Crippen LogP contribution is -2.52. The Morgan fingerprint density at radius 3 is 2.58 bits per heavy atom. The van der Waals surface area contributed by atoms with Gasteiger partial charge in [-0.05, 0) is 6.07 Å². The number of carbonyl (C=O) groups is 2. The van der Waals surface area contributed by atoms with Crippen LogP contribution in [-0.2, 0) is 15.7 Å². The van der Waals surface area contributed by atoms with Gasteiger partial charge in [0.05, 0.1) is 28.0 Å². The number of halogens is 3. The third-order valence-corrected chi connectivity index (χ3v) is 6.94. The highest BCUT2D eigenvalue weighted by molar-refractivity contribution is 7.17. The first-order valence-electron chi connectivity index (χ1n) is 10.6. The molecule has 4 heterocycles. The zero-order valence-corrected chi connectivity index (χ0v) is 19.1. The van der Waals surface area contributed by atoms with Gasteiger partial charge in [0.1, 0.15) is 11.9 Å². The Kier molecular flexibility index (Phi) is 6.66. The van der Waals surface area contributed by atoms with Crippen molar-refractivity contribution in [3.8, 4) is 0 Å². The lowest BCUT2D eigenvalue weighted by Gasteiger charge is -2.39. The largest absolute Gasteiger partial charge is 0.446 e. The second kappa shape index (κ2) is 9.34.